The molecule has 0 aliphatic rings. The van der Waals surface area contributed by atoms with Crippen LogP contribution in [0.2, 0.25) is 5.02 Å². The minimum atomic E-state index is -0.251. The second-order valence-electron chi connectivity index (χ2n) is 5.06. The molecule has 1 N–H and O–H groups in total. The number of allylic oxidation sites excluding steroid dienone is 4. The summed E-state index contributed by atoms with van der Waals surface area (Å²) in [4.78, 5) is 11.8. The summed E-state index contributed by atoms with van der Waals surface area (Å²) in [5, 5.41) is 4.51. The number of amides is 1. The molecule has 1 rings (SSSR count). The SMILES string of the molecule is CC(C)=CCC/C(C)=C/C=N/NC(=O)c1ccc(Cl)cc1. The number of halogens is 1. The van der Waals surface area contributed by atoms with Crippen molar-refractivity contribution in [2.75, 3.05) is 0 Å². The van der Waals surface area contributed by atoms with Crippen molar-refractivity contribution >= 4 is 23.7 Å². The Hall–Kier alpha value is -1.87. The van der Waals surface area contributed by atoms with Crippen LogP contribution in [0.1, 0.15) is 44.0 Å². The molecule has 1 aromatic carbocycles. The van der Waals surface area contributed by atoms with Gasteiger partial charge in [0.2, 0.25) is 0 Å². The second kappa shape index (κ2) is 9.14. The van der Waals surface area contributed by atoms with Gasteiger partial charge in [-0.25, -0.2) is 5.43 Å². The lowest BCUT2D eigenvalue weighted by atomic mass is 10.1. The van der Waals surface area contributed by atoms with Gasteiger partial charge in [0.1, 0.15) is 0 Å². The molecule has 1 aromatic rings. The number of benzene rings is 1. The van der Waals surface area contributed by atoms with Crippen LogP contribution >= 0.6 is 11.6 Å². The average Bonchev–Trinajstić information content (AvgIpc) is 2.43. The van der Waals surface area contributed by atoms with Crippen molar-refractivity contribution < 1.29 is 4.79 Å². The highest BCUT2D eigenvalue weighted by Crippen LogP contribution is 2.09. The van der Waals surface area contributed by atoms with E-state index in [1.165, 1.54) is 11.1 Å². The molecule has 0 saturated heterocycles. The fourth-order valence-electron chi connectivity index (χ4n) is 1.60. The molecule has 1 amide bonds. The van der Waals surface area contributed by atoms with Crippen LogP contribution < -0.4 is 5.43 Å². The molecule has 0 fully saturated rings. The van der Waals surface area contributed by atoms with Crippen molar-refractivity contribution in [3.8, 4) is 0 Å². The van der Waals surface area contributed by atoms with E-state index >= 15 is 0 Å². The maximum Gasteiger partial charge on any atom is 0.271 e. The molecule has 0 aromatic heterocycles. The molecule has 0 bridgehead atoms. The van der Waals surface area contributed by atoms with Crippen LogP contribution in [0.25, 0.3) is 0 Å². The Morgan fingerprint density at radius 1 is 1.24 bits per heavy atom. The normalized spacial score (nSPS) is 11.5. The van der Waals surface area contributed by atoms with E-state index in [4.69, 9.17) is 11.6 Å². The molecule has 0 aliphatic heterocycles. The fraction of sp³-hybridized carbons (Fsp3) is 0.294. The van der Waals surface area contributed by atoms with Gasteiger partial charge in [-0.1, -0.05) is 28.8 Å². The number of hydrazone groups is 1. The molecule has 112 valence electrons. The Morgan fingerprint density at radius 3 is 2.52 bits per heavy atom. The molecule has 0 radical (unpaired) electrons. The Labute approximate surface area is 131 Å². The van der Waals surface area contributed by atoms with Crippen molar-refractivity contribution in [2.24, 2.45) is 5.10 Å². The first-order valence-electron chi connectivity index (χ1n) is 6.87. The summed E-state index contributed by atoms with van der Waals surface area (Å²) in [5.41, 5.74) is 5.55. The van der Waals surface area contributed by atoms with Gasteiger partial charge in [0, 0.05) is 16.8 Å². The van der Waals surface area contributed by atoms with Crippen LogP contribution in [0.3, 0.4) is 0 Å². The van der Waals surface area contributed by atoms with Crippen molar-refractivity contribution in [1.82, 2.24) is 5.43 Å². The highest BCUT2D eigenvalue weighted by atomic mass is 35.5. The van der Waals surface area contributed by atoms with Gasteiger partial charge in [-0.3, -0.25) is 4.79 Å². The fourth-order valence-corrected chi connectivity index (χ4v) is 1.72. The van der Waals surface area contributed by atoms with Gasteiger partial charge in [0.25, 0.3) is 5.91 Å². The summed E-state index contributed by atoms with van der Waals surface area (Å²) >= 11 is 5.77. The molecular formula is C17H21ClN2O. The molecular weight excluding hydrogens is 284 g/mol. The molecule has 0 spiro atoms. The van der Waals surface area contributed by atoms with E-state index in [0.717, 1.165) is 12.8 Å². The van der Waals surface area contributed by atoms with Gasteiger partial charge in [0.05, 0.1) is 0 Å². The number of rotatable bonds is 6. The van der Waals surface area contributed by atoms with Gasteiger partial charge in [-0.15, -0.1) is 0 Å². The predicted octanol–water partition coefficient (Wildman–Crippen LogP) is 4.75. The van der Waals surface area contributed by atoms with Crippen molar-refractivity contribution in [2.45, 2.75) is 33.6 Å². The lowest BCUT2D eigenvalue weighted by molar-refractivity contribution is 0.0955. The third-order valence-corrected chi connectivity index (χ3v) is 3.05. The van der Waals surface area contributed by atoms with Gasteiger partial charge in [-0.05, 0) is 64.0 Å². The number of nitrogens with zero attached hydrogens (tertiary/aromatic N) is 1. The molecule has 3 nitrogen and oxygen atoms in total. The topological polar surface area (TPSA) is 41.5 Å². The van der Waals surface area contributed by atoms with Gasteiger partial charge < -0.3 is 0 Å². The Bertz CT molecular complexity index is 553. The number of nitrogens with one attached hydrogen (secondary N) is 1. The van der Waals surface area contributed by atoms with Crippen molar-refractivity contribution in [3.05, 3.63) is 58.1 Å². The maximum atomic E-state index is 11.8. The first-order chi connectivity index (χ1) is 9.99. The van der Waals surface area contributed by atoms with Crippen LogP contribution in [0.4, 0.5) is 0 Å². The highest BCUT2D eigenvalue weighted by molar-refractivity contribution is 6.30. The molecule has 0 aliphatic carbocycles. The Morgan fingerprint density at radius 2 is 1.90 bits per heavy atom. The van der Waals surface area contributed by atoms with E-state index in [-0.39, 0.29) is 5.91 Å². The van der Waals surface area contributed by atoms with Crippen LogP contribution in [0.5, 0.6) is 0 Å². The average molecular weight is 305 g/mol. The lowest BCUT2D eigenvalue weighted by Gasteiger charge is -1.99. The van der Waals surface area contributed by atoms with Crippen molar-refractivity contribution in [3.63, 3.8) is 0 Å². The third kappa shape index (κ3) is 7.47. The zero-order valence-corrected chi connectivity index (χ0v) is 13.4. The standard InChI is InChI=1S/C17H21ClN2O/c1-13(2)5-4-6-14(3)11-12-19-20-17(21)15-7-9-16(18)10-8-15/h5,7-12H,4,6H2,1-3H3,(H,20,21)/b14-11+,19-12+. The molecule has 0 heterocycles. The predicted molar refractivity (Wildman–Crippen MR) is 89.8 cm³/mol. The second-order valence-corrected chi connectivity index (χ2v) is 5.50. The summed E-state index contributed by atoms with van der Waals surface area (Å²) in [6.45, 7) is 6.23. The summed E-state index contributed by atoms with van der Waals surface area (Å²) in [5.74, 6) is -0.251. The van der Waals surface area contributed by atoms with Crippen LogP contribution in [-0.2, 0) is 0 Å². The zero-order valence-electron chi connectivity index (χ0n) is 12.7. The van der Waals surface area contributed by atoms with Crippen LogP contribution in [0.15, 0.2) is 52.7 Å². The maximum absolute atomic E-state index is 11.8. The van der Waals surface area contributed by atoms with Gasteiger partial charge >= 0.3 is 0 Å². The summed E-state index contributed by atoms with van der Waals surface area (Å²) in [7, 11) is 0. The first-order valence-corrected chi connectivity index (χ1v) is 7.25. The summed E-state index contributed by atoms with van der Waals surface area (Å²) in [6, 6.07) is 6.67. The lowest BCUT2D eigenvalue weighted by Crippen LogP contribution is -2.17. The van der Waals surface area contributed by atoms with Crippen LogP contribution in [0, 0.1) is 0 Å². The molecule has 0 saturated carbocycles. The Kier molecular flexibility index (Phi) is 7.48. The van der Waals surface area contributed by atoms with E-state index < -0.39 is 0 Å². The van der Waals surface area contributed by atoms with E-state index in [9.17, 15) is 4.79 Å². The van der Waals surface area contributed by atoms with Gasteiger partial charge in [-0.2, -0.15) is 5.10 Å². The highest BCUT2D eigenvalue weighted by Gasteiger charge is 2.02. The monoisotopic (exact) mass is 304 g/mol. The first kappa shape index (κ1) is 17.2. The molecule has 4 heteroatoms. The van der Waals surface area contributed by atoms with E-state index in [2.05, 4.69) is 30.5 Å². The number of hydrogen-bond acceptors (Lipinski definition) is 2. The smallest absolute Gasteiger partial charge is 0.267 e. The molecule has 0 atom stereocenters. The largest absolute Gasteiger partial charge is 0.271 e. The minimum absolute atomic E-state index is 0.251. The van der Waals surface area contributed by atoms with Gasteiger partial charge in [0.15, 0.2) is 0 Å². The minimum Gasteiger partial charge on any atom is -0.267 e. The molecule has 21 heavy (non-hydrogen) atoms. The Balaban J connectivity index is 2.41. The van der Waals surface area contributed by atoms with E-state index in [1.54, 1.807) is 30.5 Å². The van der Waals surface area contributed by atoms with Crippen molar-refractivity contribution in [1.29, 1.82) is 0 Å². The number of carbonyl (C=O) groups excluding carboxylic acids is 1. The summed E-state index contributed by atoms with van der Waals surface area (Å²) < 4.78 is 0. The van der Waals surface area contributed by atoms with Crippen LogP contribution in [-0.4, -0.2) is 12.1 Å². The van der Waals surface area contributed by atoms with E-state index in [0.29, 0.717) is 10.6 Å². The van der Waals surface area contributed by atoms with E-state index in [1.807, 2.05) is 13.0 Å². The third-order valence-electron chi connectivity index (χ3n) is 2.80. The number of carbonyl (C=O) groups is 1. The quantitative estimate of drug-likeness (QED) is 0.460. The molecule has 0 unspecified atom stereocenters. The summed E-state index contributed by atoms with van der Waals surface area (Å²) in [6.07, 6.45) is 7.72. The number of hydrogen-bond donors (Lipinski definition) is 1. The zero-order chi connectivity index (χ0) is 15.7.